The van der Waals surface area contributed by atoms with E-state index in [2.05, 4.69) is 10.2 Å². The zero-order valence-electron chi connectivity index (χ0n) is 13.3. The number of hydrogen-bond acceptors (Lipinski definition) is 2. The first kappa shape index (κ1) is 14.8. The van der Waals surface area contributed by atoms with Crippen LogP contribution in [0.4, 0.5) is 0 Å². The van der Waals surface area contributed by atoms with Gasteiger partial charge < -0.3 is 5.32 Å². The normalized spacial score (nSPS) is 33.3. The van der Waals surface area contributed by atoms with Gasteiger partial charge in [-0.1, -0.05) is 44.9 Å². The SMILES string of the molecule is C1CCCCC2(CCC1)CCNCC2N1CCCCC1. The van der Waals surface area contributed by atoms with E-state index in [4.69, 9.17) is 0 Å². The van der Waals surface area contributed by atoms with Crippen molar-refractivity contribution >= 4 is 0 Å². The van der Waals surface area contributed by atoms with E-state index < -0.39 is 0 Å². The van der Waals surface area contributed by atoms with Crippen molar-refractivity contribution < 1.29 is 0 Å². The lowest BCUT2D eigenvalue weighted by Crippen LogP contribution is -2.58. The van der Waals surface area contributed by atoms with Crippen LogP contribution >= 0.6 is 0 Å². The molecule has 1 atom stereocenters. The van der Waals surface area contributed by atoms with Gasteiger partial charge in [0.05, 0.1) is 0 Å². The average molecular weight is 278 g/mol. The molecule has 2 nitrogen and oxygen atoms in total. The Bertz CT molecular complexity index is 273. The minimum Gasteiger partial charge on any atom is -0.315 e. The van der Waals surface area contributed by atoms with Crippen LogP contribution in [-0.2, 0) is 0 Å². The van der Waals surface area contributed by atoms with Crippen molar-refractivity contribution in [2.24, 2.45) is 5.41 Å². The minimum atomic E-state index is 0.660. The van der Waals surface area contributed by atoms with Gasteiger partial charge in [0.25, 0.3) is 0 Å². The third kappa shape index (κ3) is 3.39. The second-order valence-corrected chi connectivity index (χ2v) is 7.55. The average Bonchev–Trinajstić information content (AvgIpc) is 2.62. The first-order valence-electron chi connectivity index (χ1n) is 9.36. The summed E-state index contributed by atoms with van der Waals surface area (Å²) in [4.78, 5) is 2.87. The molecule has 1 spiro atoms. The molecule has 2 heterocycles. The number of nitrogens with one attached hydrogen (secondary N) is 1. The quantitative estimate of drug-likeness (QED) is 0.781. The Morgan fingerprint density at radius 3 is 2.00 bits per heavy atom. The van der Waals surface area contributed by atoms with E-state index in [9.17, 15) is 0 Å². The molecule has 0 amide bonds. The van der Waals surface area contributed by atoms with E-state index in [1.807, 2.05) is 0 Å². The summed E-state index contributed by atoms with van der Waals surface area (Å²) in [6.07, 6.45) is 17.7. The summed E-state index contributed by atoms with van der Waals surface area (Å²) in [5.74, 6) is 0. The molecule has 1 aliphatic carbocycles. The van der Waals surface area contributed by atoms with Crippen LogP contribution in [0.25, 0.3) is 0 Å². The highest BCUT2D eigenvalue weighted by atomic mass is 15.2. The van der Waals surface area contributed by atoms with Gasteiger partial charge >= 0.3 is 0 Å². The van der Waals surface area contributed by atoms with Gasteiger partial charge in [0.15, 0.2) is 0 Å². The predicted molar refractivity (Wildman–Crippen MR) is 86.1 cm³/mol. The number of rotatable bonds is 1. The lowest BCUT2D eigenvalue weighted by Gasteiger charge is -2.51. The largest absolute Gasteiger partial charge is 0.315 e. The molecule has 0 radical (unpaired) electrons. The fraction of sp³-hybridized carbons (Fsp3) is 1.00. The van der Waals surface area contributed by atoms with Gasteiger partial charge in [-0.05, 0) is 57.2 Å². The van der Waals surface area contributed by atoms with Gasteiger partial charge in [-0.15, -0.1) is 0 Å². The lowest BCUT2D eigenvalue weighted by atomic mass is 9.67. The number of likely N-dealkylation sites (tertiary alicyclic amines) is 1. The van der Waals surface area contributed by atoms with Gasteiger partial charge in [0.1, 0.15) is 0 Å². The van der Waals surface area contributed by atoms with E-state index in [1.54, 1.807) is 0 Å². The molecule has 2 heteroatoms. The highest BCUT2D eigenvalue weighted by molar-refractivity contribution is 4.98. The molecule has 0 aromatic carbocycles. The van der Waals surface area contributed by atoms with E-state index in [-0.39, 0.29) is 0 Å². The molecule has 0 aromatic heterocycles. The summed E-state index contributed by atoms with van der Waals surface area (Å²) < 4.78 is 0. The van der Waals surface area contributed by atoms with Crippen molar-refractivity contribution in [1.82, 2.24) is 10.2 Å². The Kier molecular flexibility index (Phi) is 5.39. The third-order valence-electron chi connectivity index (χ3n) is 6.27. The lowest BCUT2D eigenvalue weighted by molar-refractivity contribution is 0.00744. The topological polar surface area (TPSA) is 15.3 Å². The van der Waals surface area contributed by atoms with Crippen LogP contribution in [0.15, 0.2) is 0 Å². The molecule has 3 fully saturated rings. The molecule has 116 valence electrons. The van der Waals surface area contributed by atoms with Crippen LogP contribution in [0.2, 0.25) is 0 Å². The molecule has 1 saturated carbocycles. The molecular weight excluding hydrogens is 244 g/mol. The van der Waals surface area contributed by atoms with Crippen molar-refractivity contribution in [3.8, 4) is 0 Å². The Morgan fingerprint density at radius 2 is 1.30 bits per heavy atom. The summed E-state index contributed by atoms with van der Waals surface area (Å²) in [5, 5.41) is 3.71. The molecule has 0 aromatic rings. The highest BCUT2D eigenvalue weighted by Crippen LogP contribution is 2.43. The third-order valence-corrected chi connectivity index (χ3v) is 6.27. The van der Waals surface area contributed by atoms with Crippen LogP contribution < -0.4 is 5.32 Å². The van der Waals surface area contributed by atoms with Crippen LogP contribution in [0, 0.1) is 5.41 Å². The van der Waals surface area contributed by atoms with Gasteiger partial charge in [0, 0.05) is 12.6 Å². The van der Waals surface area contributed by atoms with E-state index >= 15 is 0 Å². The summed E-state index contributed by atoms with van der Waals surface area (Å²) in [6.45, 7) is 5.27. The van der Waals surface area contributed by atoms with Crippen LogP contribution in [0.5, 0.6) is 0 Å². The predicted octanol–water partition coefficient (Wildman–Crippen LogP) is 3.96. The molecule has 2 aliphatic heterocycles. The van der Waals surface area contributed by atoms with Crippen molar-refractivity contribution in [3.63, 3.8) is 0 Å². The van der Waals surface area contributed by atoms with E-state index in [1.165, 1.54) is 103 Å². The number of nitrogens with zero attached hydrogens (tertiary/aromatic N) is 1. The van der Waals surface area contributed by atoms with Gasteiger partial charge in [0.2, 0.25) is 0 Å². The maximum Gasteiger partial charge on any atom is 0.0277 e. The molecule has 0 bridgehead atoms. The molecule has 3 aliphatic rings. The Balaban J connectivity index is 1.73. The minimum absolute atomic E-state index is 0.660. The maximum atomic E-state index is 3.71. The first-order valence-corrected chi connectivity index (χ1v) is 9.36. The van der Waals surface area contributed by atoms with Gasteiger partial charge in [-0.3, -0.25) is 4.90 Å². The standard InChI is InChI=1S/C18H34N2/c1-2-4-7-11-18(10-6-3-1)12-13-19-16-17(18)20-14-8-5-9-15-20/h17,19H,1-16H2. The molecular formula is C18H34N2. The number of piperidine rings is 2. The van der Waals surface area contributed by atoms with Crippen LogP contribution in [0.1, 0.15) is 77.0 Å². The fourth-order valence-electron chi connectivity index (χ4n) is 5.08. The Morgan fingerprint density at radius 1 is 0.700 bits per heavy atom. The smallest absolute Gasteiger partial charge is 0.0277 e. The first-order chi connectivity index (χ1) is 9.91. The van der Waals surface area contributed by atoms with Crippen molar-refractivity contribution in [3.05, 3.63) is 0 Å². The van der Waals surface area contributed by atoms with Crippen LogP contribution in [0.3, 0.4) is 0 Å². The fourth-order valence-corrected chi connectivity index (χ4v) is 5.08. The molecule has 1 unspecified atom stereocenters. The van der Waals surface area contributed by atoms with Crippen molar-refractivity contribution in [2.45, 2.75) is 83.1 Å². The van der Waals surface area contributed by atoms with Gasteiger partial charge in [-0.2, -0.15) is 0 Å². The molecule has 20 heavy (non-hydrogen) atoms. The van der Waals surface area contributed by atoms with E-state index in [0.717, 1.165) is 6.04 Å². The summed E-state index contributed by atoms with van der Waals surface area (Å²) in [6, 6.07) is 0.842. The molecule has 2 saturated heterocycles. The van der Waals surface area contributed by atoms with Crippen LogP contribution in [-0.4, -0.2) is 37.1 Å². The maximum absolute atomic E-state index is 3.71. The zero-order chi connectivity index (χ0) is 13.7. The highest BCUT2D eigenvalue weighted by Gasteiger charge is 2.42. The van der Waals surface area contributed by atoms with Crippen molar-refractivity contribution in [2.75, 3.05) is 26.2 Å². The monoisotopic (exact) mass is 278 g/mol. The Labute approximate surface area is 125 Å². The molecule has 3 rings (SSSR count). The Hall–Kier alpha value is -0.0800. The second kappa shape index (κ2) is 7.26. The van der Waals surface area contributed by atoms with Crippen molar-refractivity contribution in [1.29, 1.82) is 0 Å². The summed E-state index contributed by atoms with van der Waals surface area (Å²) in [7, 11) is 0. The van der Waals surface area contributed by atoms with E-state index in [0.29, 0.717) is 5.41 Å². The zero-order valence-corrected chi connectivity index (χ0v) is 13.3. The summed E-state index contributed by atoms with van der Waals surface area (Å²) in [5.41, 5.74) is 0.660. The molecule has 1 N–H and O–H groups in total. The number of hydrogen-bond donors (Lipinski definition) is 1. The van der Waals surface area contributed by atoms with Gasteiger partial charge in [-0.25, -0.2) is 0 Å². The summed E-state index contributed by atoms with van der Waals surface area (Å²) >= 11 is 0. The second-order valence-electron chi connectivity index (χ2n) is 7.55.